The lowest BCUT2D eigenvalue weighted by molar-refractivity contribution is -0.135. The number of carbonyl (C=O) groups excluding carboxylic acids is 2. The maximum absolute atomic E-state index is 13.1. The van der Waals surface area contributed by atoms with Gasteiger partial charge in [0.05, 0.1) is 16.6 Å². The van der Waals surface area contributed by atoms with Crippen molar-refractivity contribution in [3.63, 3.8) is 0 Å². The molecule has 0 spiro atoms. The van der Waals surface area contributed by atoms with Crippen LogP contribution in [0.4, 0.5) is 5.69 Å². The predicted octanol–water partition coefficient (Wildman–Crippen LogP) is 4.49. The molecule has 34 heavy (non-hydrogen) atoms. The summed E-state index contributed by atoms with van der Waals surface area (Å²) in [6.07, 6.45) is -0.709. The number of rotatable bonds is 4. The molecule has 1 aromatic heterocycles. The summed E-state index contributed by atoms with van der Waals surface area (Å²) >= 11 is 0. The Balaban J connectivity index is 1.41. The Hall–Kier alpha value is -4.39. The normalized spacial score (nSPS) is 15.1. The first-order valence-corrected chi connectivity index (χ1v) is 10.8. The van der Waals surface area contributed by atoms with Crippen LogP contribution in [0.5, 0.6) is 11.5 Å². The molecule has 4 aromatic rings. The number of esters is 1. The van der Waals surface area contributed by atoms with Crippen molar-refractivity contribution in [2.24, 2.45) is 0 Å². The van der Waals surface area contributed by atoms with Crippen molar-refractivity contribution in [2.75, 3.05) is 11.4 Å². The summed E-state index contributed by atoms with van der Waals surface area (Å²) in [7, 11) is 0. The Morgan fingerprint density at radius 2 is 1.74 bits per heavy atom. The zero-order valence-electron chi connectivity index (χ0n) is 18.6. The number of ether oxygens (including phenoxy) is 2. The van der Waals surface area contributed by atoms with E-state index in [1.165, 1.54) is 11.0 Å². The third kappa shape index (κ3) is 3.81. The van der Waals surface area contributed by atoms with Gasteiger partial charge in [-0.2, -0.15) is 0 Å². The molecule has 0 saturated heterocycles. The molecule has 1 atom stereocenters. The molecule has 0 bridgehead atoms. The molecule has 0 fully saturated rings. The van der Waals surface area contributed by atoms with Crippen LogP contribution in [0.3, 0.4) is 0 Å². The lowest BCUT2D eigenvalue weighted by atomic mass is 10.0. The van der Waals surface area contributed by atoms with Gasteiger partial charge in [-0.25, -0.2) is 4.79 Å². The lowest BCUT2D eigenvalue weighted by Crippen LogP contribution is -2.47. The molecule has 0 saturated carbocycles. The van der Waals surface area contributed by atoms with Gasteiger partial charge < -0.3 is 13.9 Å². The molecule has 7 heteroatoms. The molecule has 0 N–H and O–H groups in total. The Bertz CT molecular complexity index is 1470. The molecular weight excluding hydrogens is 434 g/mol. The molecule has 0 aliphatic carbocycles. The van der Waals surface area contributed by atoms with E-state index in [0.717, 1.165) is 5.56 Å². The molecule has 3 aromatic carbocycles. The van der Waals surface area contributed by atoms with E-state index in [-0.39, 0.29) is 23.6 Å². The maximum Gasteiger partial charge on any atom is 0.331 e. The largest absolute Gasteiger partial charge is 0.479 e. The second-order valence-electron chi connectivity index (χ2n) is 8.01. The van der Waals surface area contributed by atoms with Gasteiger partial charge in [-0.05, 0) is 43.7 Å². The highest BCUT2D eigenvalue weighted by atomic mass is 16.5. The Labute approximate surface area is 195 Å². The number of carbonyl (C=O) groups is 2. The summed E-state index contributed by atoms with van der Waals surface area (Å²) in [5, 5.41) is 0.385. The summed E-state index contributed by atoms with van der Waals surface area (Å²) in [5.74, 6) is 0.256. The van der Waals surface area contributed by atoms with Crippen molar-refractivity contribution in [1.82, 2.24) is 0 Å². The van der Waals surface area contributed by atoms with Gasteiger partial charge in [0.15, 0.2) is 6.10 Å². The summed E-state index contributed by atoms with van der Waals surface area (Å²) in [6, 6.07) is 21.0. The van der Waals surface area contributed by atoms with Crippen molar-refractivity contribution < 1.29 is 23.5 Å². The second kappa shape index (κ2) is 8.51. The molecule has 7 nitrogen and oxygen atoms in total. The molecule has 1 aliphatic rings. The fraction of sp³-hybridized carbons (Fsp3) is 0.148. The summed E-state index contributed by atoms with van der Waals surface area (Å²) in [6.45, 7) is 3.08. The predicted molar refractivity (Wildman–Crippen MR) is 127 cm³/mol. The molecular formula is C27H21NO6. The van der Waals surface area contributed by atoms with Crippen LogP contribution in [0.1, 0.15) is 12.7 Å². The molecule has 1 unspecified atom stereocenters. The Morgan fingerprint density at radius 3 is 2.53 bits per heavy atom. The molecule has 5 rings (SSSR count). The van der Waals surface area contributed by atoms with E-state index < -0.39 is 12.1 Å². The number of hydrogen-bond donors (Lipinski definition) is 0. The van der Waals surface area contributed by atoms with Gasteiger partial charge in [0, 0.05) is 6.07 Å². The minimum Gasteiger partial charge on any atom is -0.479 e. The maximum atomic E-state index is 13.1. The van der Waals surface area contributed by atoms with Gasteiger partial charge in [0.25, 0.3) is 5.91 Å². The smallest absolute Gasteiger partial charge is 0.331 e. The zero-order valence-corrected chi connectivity index (χ0v) is 18.6. The number of benzene rings is 3. The topological polar surface area (TPSA) is 86.1 Å². The molecule has 2 heterocycles. The highest BCUT2D eigenvalue weighted by molar-refractivity contribution is 6.03. The standard InChI is InChI=1S/C27H21NO6/c1-16-25(18-8-4-3-5-9-18)26(30)20-13-12-19(14-23(20)32-16)34-24(29)15-28-21-10-6-7-11-22(21)33-17(2)27(28)31/h3-14,17H,15H2,1-2H3. The van der Waals surface area contributed by atoms with Gasteiger partial charge in [-0.3, -0.25) is 14.5 Å². The number of anilines is 1. The van der Waals surface area contributed by atoms with Crippen LogP contribution in [0.2, 0.25) is 0 Å². The van der Waals surface area contributed by atoms with Crippen molar-refractivity contribution in [3.8, 4) is 22.6 Å². The van der Waals surface area contributed by atoms with Crippen LogP contribution < -0.4 is 19.8 Å². The van der Waals surface area contributed by atoms with Crippen LogP contribution in [-0.4, -0.2) is 24.5 Å². The van der Waals surface area contributed by atoms with Crippen molar-refractivity contribution in [1.29, 1.82) is 0 Å². The number of fused-ring (bicyclic) bond motifs is 2. The van der Waals surface area contributed by atoms with Gasteiger partial charge in [-0.1, -0.05) is 42.5 Å². The van der Waals surface area contributed by atoms with E-state index in [0.29, 0.717) is 33.7 Å². The Morgan fingerprint density at radius 1 is 1.00 bits per heavy atom. The fourth-order valence-electron chi connectivity index (χ4n) is 4.10. The summed E-state index contributed by atoms with van der Waals surface area (Å²) in [4.78, 5) is 39.8. The first-order chi connectivity index (χ1) is 16.4. The van der Waals surface area contributed by atoms with Crippen molar-refractivity contribution in [2.45, 2.75) is 20.0 Å². The number of amides is 1. The van der Waals surface area contributed by atoms with Crippen molar-refractivity contribution >= 4 is 28.5 Å². The average Bonchev–Trinajstić information content (AvgIpc) is 2.82. The van der Waals surface area contributed by atoms with Crippen LogP contribution in [0.25, 0.3) is 22.1 Å². The highest BCUT2D eigenvalue weighted by Gasteiger charge is 2.33. The first kappa shape index (κ1) is 21.5. The SMILES string of the molecule is Cc1oc2cc(OC(=O)CN3C(=O)C(C)Oc4ccccc43)ccc2c(=O)c1-c1ccccc1. The van der Waals surface area contributed by atoms with Crippen molar-refractivity contribution in [3.05, 3.63) is 88.8 Å². The second-order valence-corrected chi connectivity index (χ2v) is 8.01. The van der Waals surface area contributed by atoms with Gasteiger partial charge >= 0.3 is 5.97 Å². The van der Waals surface area contributed by atoms with Gasteiger partial charge in [0.2, 0.25) is 5.43 Å². The minimum atomic E-state index is -0.709. The number of aryl methyl sites for hydroxylation is 1. The van der Waals surface area contributed by atoms with E-state index in [9.17, 15) is 14.4 Å². The average molecular weight is 455 g/mol. The van der Waals surface area contributed by atoms with Crippen LogP contribution in [-0.2, 0) is 9.59 Å². The fourth-order valence-corrected chi connectivity index (χ4v) is 4.10. The molecule has 0 radical (unpaired) electrons. The van der Waals surface area contributed by atoms with Gasteiger partial charge in [-0.15, -0.1) is 0 Å². The van der Waals surface area contributed by atoms with Crippen LogP contribution in [0.15, 0.2) is 82.0 Å². The summed E-state index contributed by atoms with van der Waals surface area (Å²) in [5.41, 5.74) is 1.93. The monoisotopic (exact) mass is 455 g/mol. The Kier molecular flexibility index (Phi) is 5.37. The molecule has 1 amide bonds. The quantitative estimate of drug-likeness (QED) is 0.333. The lowest BCUT2D eigenvalue weighted by Gasteiger charge is -2.32. The van der Waals surface area contributed by atoms with E-state index in [1.54, 1.807) is 50.2 Å². The van der Waals surface area contributed by atoms with Crippen LogP contribution >= 0.6 is 0 Å². The molecule has 170 valence electrons. The summed E-state index contributed by atoms with van der Waals surface area (Å²) < 4.78 is 17.0. The minimum absolute atomic E-state index is 0.160. The van der Waals surface area contributed by atoms with E-state index in [4.69, 9.17) is 13.9 Å². The molecule has 1 aliphatic heterocycles. The number of para-hydroxylation sites is 2. The van der Waals surface area contributed by atoms with E-state index >= 15 is 0 Å². The first-order valence-electron chi connectivity index (χ1n) is 10.8. The van der Waals surface area contributed by atoms with Crippen LogP contribution in [0, 0.1) is 6.92 Å². The van der Waals surface area contributed by atoms with E-state index in [2.05, 4.69) is 0 Å². The number of nitrogens with zero attached hydrogens (tertiary/aromatic N) is 1. The highest BCUT2D eigenvalue weighted by Crippen LogP contribution is 2.33. The van der Waals surface area contributed by atoms with Gasteiger partial charge in [0.1, 0.15) is 29.4 Å². The third-order valence-electron chi connectivity index (χ3n) is 5.69. The van der Waals surface area contributed by atoms with E-state index in [1.807, 2.05) is 30.3 Å². The number of hydrogen-bond acceptors (Lipinski definition) is 6. The zero-order chi connectivity index (χ0) is 23.8. The third-order valence-corrected chi connectivity index (χ3v) is 5.69.